The van der Waals surface area contributed by atoms with E-state index in [1.807, 2.05) is 4.90 Å². The van der Waals surface area contributed by atoms with Crippen molar-refractivity contribution in [1.82, 2.24) is 15.1 Å². The minimum absolute atomic E-state index is 0.274. The molecule has 0 radical (unpaired) electrons. The van der Waals surface area contributed by atoms with Gasteiger partial charge in [0.05, 0.1) is 18.8 Å². The molecule has 7 nitrogen and oxygen atoms in total. The monoisotopic (exact) mass is 382 g/mol. The number of carbonyl (C=O) groups is 1. The van der Waals surface area contributed by atoms with Crippen molar-refractivity contribution in [3.8, 4) is 11.3 Å². The number of halogens is 1. The zero-order chi connectivity index (χ0) is 19.7. The van der Waals surface area contributed by atoms with Crippen molar-refractivity contribution in [3.05, 3.63) is 58.9 Å². The number of fused-ring (bicyclic) bond motifs is 1. The van der Waals surface area contributed by atoms with Gasteiger partial charge in [0, 0.05) is 30.3 Å². The topological polar surface area (TPSA) is 81.4 Å². The highest BCUT2D eigenvalue weighted by Gasteiger charge is 2.28. The number of ether oxygens (including phenoxy) is 1. The van der Waals surface area contributed by atoms with Gasteiger partial charge in [-0.2, -0.15) is 0 Å². The van der Waals surface area contributed by atoms with Gasteiger partial charge in [-0.15, -0.1) is 0 Å². The van der Waals surface area contributed by atoms with Crippen LogP contribution >= 0.6 is 0 Å². The molecular weight excluding hydrogens is 363 g/mol. The molecule has 4 rings (SSSR count). The Kier molecular flexibility index (Phi) is 4.77. The summed E-state index contributed by atoms with van der Waals surface area (Å²) in [6.07, 6.45) is 2.14. The van der Waals surface area contributed by atoms with Crippen LogP contribution in [0.2, 0.25) is 0 Å². The van der Waals surface area contributed by atoms with E-state index >= 15 is 0 Å². The Hall–Kier alpha value is -3.29. The molecular formula is C20H19FN4O3. The summed E-state index contributed by atoms with van der Waals surface area (Å²) in [6, 6.07) is 6.09. The van der Waals surface area contributed by atoms with E-state index in [-0.39, 0.29) is 12.4 Å². The van der Waals surface area contributed by atoms with Gasteiger partial charge in [0.25, 0.3) is 0 Å². The zero-order valence-electron chi connectivity index (χ0n) is 15.6. The summed E-state index contributed by atoms with van der Waals surface area (Å²) in [5.41, 5.74) is 2.85. The molecule has 0 saturated carbocycles. The van der Waals surface area contributed by atoms with Gasteiger partial charge in [-0.25, -0.2) is 19.2 Å². The molecule has 3 aromatic rings. The number of hydrogen-bond donors (Lipinski definition) is 0. The smallest absolute Gasteiger partial charge is 0.343 e. The fourth-order valence-corrected chi connectivity index (χ4v) is 3.27. The number of rotatable bonds is 4. The molecule has 1 aliphatic heterocycles. The summed E-state index contributed by atoms with van der Waals surface area (Å²) in [5.74, 6) is 0.936. The average Bonchev–Trinajstić information content (AvgIpc) is 3.12. The van der Waals surface area contributed by atoms with Crippen molar-refractivity contribution in [3.63, 3.8) is 0 Å². The maximum Gasteiger partial charge on any atom is 0.343 e. The predicted molar refractivity (Wildman–Crippen MR) is 99.4 cm³/mol. The van der Waals surface area contributed by atoms with Crippen molar-refractivity contribution in [1.29, 1.82) is 0 Å². The second-order valence-electron chi connectivity index (χ2n) is 6.49. The molecule has 0 N–H and O–H groups in total. The molecule has 0 fully saturated rings. The molecule has 0 saturated heterocycles. The Morgan fingerprint density at radius 1 is 1.32 bits per heavy atom. The van der Waals surface area contributed by atoms with E-state index in [4.69, 9.17) is 9.26 Å². The Morgan fingerprint density at radius 3 is 2.86 bits per heavy atom. The van der Waals surface area contributed by atoms with Crippen molar-refractivity contribution < 1.29 is 18.4 Å². The van der Waals surface area contributed by atoms with Crippen molar-refractivity contribution in [2.24, 2.45) is 0 Å². The van der Waals surface area contributed by atoms with Crippen LogP contribution in [0.15, 0.2) is 35.0 Å². The van der Waals surface area contributed by atoms with E-state index in [2.05, 4.69) is 15.1 Å². The molecule has 0 amide bonds. The normalized spacial score (nSPS) is 13.3. The first kappa shape index (κ1) is 18.1. The maximum absolute atomic E-state index is 13.3. The molecule has 144 valence electrons. The summed E-state index contributed by atoms with van der Waals surface area (Å²) in [4.78, 5) is 23.0. The number of aryl methyl sites for hydroxylation is 1. The third-order valence-corrected chi connectivity index (χ3v) is 4.63. The Bertz CT molecular complexity index is 1020. The second-order valence-corrected chi connectivity index (χ2v) is 6.49. The zero-order valence-corrected chi connectivity index (χ0v) is 15.6. The van der Waals surface area contributed by atoms with Crippen LogP contribution in [0.25, 0.3) is 11.3 Å². The van der Waals surface area contributed by atoms with Gasteiger partial charge in [-0.1, -0.05) is 5.16 Å². The third-order valence-electron chi connectivity index (χ3n) is 4.63. The van der Waals surface area contributed by atoms with Crippen LogP contribution in [0.4, 0.5) is 10.2 Å². The number of carbonyl (C=O) groups excluding carboxylic acids is 1. The lowest BCUT2D eigenvalue weighted by molar-refractivity contribution is 0.0526. The van der Waals surface area contributed by atoms with Gasteiger partial charge in [0.15, 0.2) is 5.76 Å². The van der Waals surface area contributed by atoms with Gasteiger partial charge < -0.3 is 14.2 Å². The van der Waals surface area contributed by atoms with Crippen LogP contribution in [-0.4, -0.2) is 34.2 Å². The molecule has 0 aliphatic carbocycles. The number of esters is 1. The van der Waals surface area contributed by atoms with Gasteiger partial charge >= 0.3 is 5.97 Å². The first-order chi connectivity index (χ1) is 13.6. The lowest BCUT2D eigenvalue weighted by Crippen LogP contribution is -2.33. The maximum atomic E-state index is 13.3. The van der Waals surface area contributed by atoms with Gasteiger partial charge in [-0.05, 0) is 38.1 Å². The predicted octanol–water partition coefficient (Wildman–Crippen LogP) is 3.32. The van der Waals surface area contributed by atoms with Crippen LogP contribution in [0.5, 0.6) is 0 Å². The minimum atomic E-state index is -0.452. The van der Waals surface area contributed by atoms with Crippen LogP contribution in [0.3, 0.4) is 0 Å². The summed E-state index contributed by atoms with van der Waals surface area (Å²) in [7, 11) is 0. The molecule has 0 atom stereocenters. The fourth-order valence-electron chi connectivity index (χ4n) is 3.27. The van der Waals surface area contributed by atoms with Gasteiger partial charge in [-0.3, -0.25) is 0 Å². The van der Waals surface area contributed by atoms with Crippen LogP contribution in [-0.2, 0) is 17.7 Å². The van der Waals surface area contributed by atoms with Crippen LogP contribution in [0.1, 0.15) is 34.4 Å². The third kappa shape index (κ3) is 3.33. The number of hydrogen-bond acceptors (Lipinski definition) is 7. The summed E-state index contributed by atoms with van der Waals surface area (Å²) >= 11 is 0. The average molecular weight is 382 g/mol. The Morgan fingerprint density at radius 2 is 2.11 bits per heavy atom. The van der Waals surface area contributed by atoms with Crippen molar-refractivity contribution in [2.45, 2.75) is 26.8 Å². The lowest BCUT2D eigenvalue weighted by atomic mass is 10.0. The summed E-state index contributed by atoms with van der Waals surface area (Å²) < 4.78 is 23.9. The SMILES string of the molecule is CCOC(=O)c1cnc(C)nc1N1CCc2noc(-c3ccc(F)cc3)c2C1. The van der Waals surface area contributed by atoms with Crippen LogP contribution < -0.4 is 4.90 Å². The number of aromatic nitrogens is 3. The highest BCUT2D eigenvalue weighted by Crippen LogP contribution is 2.33. The van der Waals surface area contributed by atoms with E-state index in [9.17, 15) is 9.18 Å². The number of nitrogens with zero attached hydrogens (tertiary/aromatic N) is 4. The van der Waals surface area contributed by atoms with E-state index in [1.54, 1.807) is 26.0 Å². The molecule has 1 aliphatic rings. The Balaban J connectivity index is 1.70. The molecule has 28 heavy (non-hydrogen) atoms. The molecule has 3 heterocycles. The quantitative estimate of drug-likeness (QED) is 0.640. The molecule has 8 heteroatoms. The summed E-state index contributed by atoms with van der Waals surface area (Å²) in [6.45, 7) is 4.90. The van der Waals surface area contributed by atoms with Gasteiger partial charge in [0.1, 0.15) is 23.0 Å². The Labute approximate surface area is 161 Å². The first-order valence-electron chi connectivity index (χ1n) is 9.06. The minimum Gasteiger partial charge on any atom is -0.462 e. The highest BCUT2D eigenvalue weighted by atomic mass is 19.1. The van der Waals surface area contributed by atoms with E-state index in [0.29, 0.717) is 42.5 Å². The molecule has 0 bridgehead atoms. The first-order valence-corrected chi connectivity index (χ1v) is 9.06. The number of benzene rings is 1. The lowest BCUT2D eigenvalue weighted by Gasteiger charge is -2.28. The van der Waals surface area contributed by atoms with E-state index in [0.717, 1.165) is 16.8 Å². The van der Waals surface area contributed by atoms with Crippen molar-refractivity contribution in [2.75, 3.05) is 18.1 Å². The second kappa shape index (κ2) is 7.38. The summed E-state index contributed by atoms with van der Waals surface area (Å²) in [5, 5.41) is 4.17. The molecule has 1 aromatic carbocycles. The fraction of sp³-hybridized carbons (Fsp3) is 0.300. The largest absolute Gasteiger partial charge is 0.462 e. The number of anilines is 1. The van der Waals surface area contributed by atoms with Crippen molar-refractivity contribution >= 4 is 11.8 Å². The molecule has 0 spiro atoms. The highest BCUT2D eigenvalue weighted by molar-refractivity contribution is 5.94. The molecule has 0 unspecified atom stereocenters. The molecule has 2 aromatic heterocycles. The van der Waals surface area contributed by atoms with E-state index < -0.39 is 5.97 Å². The standard InChI is InChI=1S/C20H19FN4O3/c1-3-27-20(26)15-10-22-12(2)23-19(15)25-9-8-17-16(11-25)18(28-24-17)13-4-6-14(21)7-5-13/h4-7,10H,3,8-9,11H2,1-2H3. The van der Waals surface area contributed by atoms with Crippen LogP contribution in [0, 0.1) is 12.7 Å². The van der Waals surface area contributed by atoms with Gasteiger partial charge in [0.2, 0.25) is 0 Å². The van der Waals surface area contributed by atoms with E-state index in [1.165, 1.54) is 18.3 Å².